The summed E-state index contributed by atoms with van der Waals surface area (Å²) in [5.74, 6) is 0. The third kappa shape index (κ3) is 8.01. The molecule has 0 N–H and O–H groups in total. The summed E-state index contributed by atoms with van der Waals surface area (Å²) in [5.41, 5.74) is 7.76. The zero-order valence-corrected chi connectivity index (χ0v) is 31.1. The molecule has 0 unspecified atom stereocenters. The summed E-state index contributed by atoms with van der Waals surface area (Å²) >= 11 is 0. The molecule has 0 atom stereocenters. The first-order chi connectivity index (χ1) is 24.3. The largest absolute Gasteiger partial charge is 0.0654 e. The van der Waals surface area contributed by atoms with E-state index in [0.29, 0.717) is 0 Å². The van der Waals surface area contributed by atoms with Crippen LogP contribution < -0.4 is 0 Å². The Morgan fingerprint density at radius 2 is 0.898 bits per heavy atom. The van der Waals surface area contributed by atoms with Crippen molar-refractivity contribution >= 4 is 43.1 Å². The van der Waals surface area contributed by atoms with E-state index in [1.807, 2.05) is 0 Å². The van der Waals surface area contributed by atoms with Gasteiger partial charge in [-0.2, -0.15) is 0 Å². The lowest BCUT2D eigenvalue weighted by Gasteiger charge is -2.26. The molecule has 0 radical (unpaired) electrons. The smallest absolute Gasteiger partial charge is 0.00110 e. The van der Waals surface area contributed by atoms with Crippen LogP contribution in [-0.2, 0) is 19.3 Å². The molecule has 0 aliphatic heterocycles. The number of hydrogen-bond donors (Lipinski definition) is 0. The van der Waals surface area contributed by atoms with Crippen molar-refractivity contribution in [1.29, 1.82) is 0 Å². The van der Waals surface area contributed by atoms with E-state index in [1.165, 1.54) is 176 Å². The van der Waals surface area contributed by atoms with Gasteiger partial charge in [-0.25, -0.2) is 0 Å². The second-order valence-corrected chi connectivity index (χ2v) is 15.0. The maximum absolute atomic E-state index is 2.47. The van der Waals surface area contributed by atoms with Gasteiger partial charge in [0.25, 0.3) is 0 Å². The summed E-state index contributed by atoms with van der Waals surface area (Å²) in [4.78, 5) is 0. The number of benzene rings is 6. The fourth-order valence-electron chi connectivity index (χ4n) is 8.91. The van der Waals surface area contributed by atoms with Gasteiger partial charge in [-0.15, -0.1) is 0 Å². The van der Waals surface area contributed by atoms with Gasteiger partial charge in [-0.05, 0) is 103 Å². The van der Waals surface area contributed by atoms with Crippen molar-refractivity contribution in [3.63, 3.8) is 0 Å². The van der Waals surface area contributed by atoms with Crippen LogP contribution in [0.25, 0.3) is 54.2 Å². The van der Waals surface area contributed by atoms with Crippen LogP contribution in [0.1, 0.15) is 147 Å². The third-order valence-corrected chi connectivity index (χ3v) is 11.5. The minimum atomic E-state index is 1.08. The normalized spacial score (nSPS) is 12.0. The highest BCUT2D eigenvalue weighted by Crippen LogP contribution is 2.49. The monoisotopic (exact) mass is 650 g/mol. The fourth-order valence-corrected chi connectivity index (χ4v) is 8.91. The molecular weight excluding hydrogens is 589 g/mol. The minimum Gasteiger partial charge on any atom is -0.0654 e. The molecule has 0 aliphatic rings. The van der Waals surface area contributed by atoms with Gasteiger partial charge in [-0.1, -0.05) is 196 Å². The van der Waals surface area contributed by atoms with E-state index in [1.54, 1.807) is 16.5 Å². The number of rotatable bonds is 21. The summed E-state index contributed by atoms with van der Waals surface area (Å²) in [6.07, 6.45) is 26.9. The van der Waals surface area contributed by atoms with Crippen LogP contribution in [0.2, 0.25) is 0 Å². The van der Waals surface area contributed by atoms with Crippen molar-refractivity contribution in [2.24, 2.45) is 0 Å². The van der Waals surface area contributed by atoms with E-state index in [9.17, 15) is 0 Å². The van der Waals surface area contributed by atoms with E-state index >= 15 is 0 Å². The van der Waals surface area contributed by atoms with Gasteiger partial charge in [0, 0.05) is 0 Å². The molecule has 258 valence electrons. The van der Waals surface area contributed by atoms with Crippen LogP contribution in [0.3, 0.4) is 0 Å². The topological polar surface area (TPSA) is 0 Å². The Balaban J connectivity index is 1.38. The lowest BCUT2D eigenvalue weighted by molar-refractivity contribution is 0.539. The standard InChI is InChI=1S/C49H62/c1-4-7-9-11-12-13-14-15-16-17-18-19-24-32-42-41(31-23-10-8-5-2)46-37(6-3)35-36-43-40-33-25-29-38-30-26-34-44(45(38)40)49(48(43)46)47(42)39-27-21-20-22-28-39/h20-22,25-30,33-36H,4-19,23-24,31-32H2,1-3H3. The molecule has 49 heavy (non-hydrogen) atoms. The van der Waals surface area contributed by atoms with E-state index < -0.39 is 0 Å². The lowest BCUT2D eigenvalue weighted by Crippen LogP contribution is -2.05. The SMILES string of the molecule is CCCCCCCCCCCCCCCc1c(CCCCCC)c2c(CC)ccc3c4cccc5cccc(c(c1-c1ccccc1)c23)c54. The predicted molar refractivity (Wildman–Crippen MR) is 220 cm³/mol. The Bertz CT molecular complexity index is 1890. The molecule has 0 aliphatic carbocycles. The number of fused-ring (bicyclic) bond motifs is 2. The molecule has 0 fully saturated rings. The molecule has 0 spiro atoms. The molecule has 6 aromatic carbocycles. The molecule has 0 saturated carbocycles. The van der Waals surface area contributed by atoms with Gasteiger partial charge in [0.2, 0.25) is 0 Å². The van der Waals surface area contributed by atoms with E-state index in [4.69, 9.17) is 0 Å². The summed E-state index contributed by atoms with van der Waals surface area (Å²) in [6, 6.07) is 30.4. The molecule has 6 aromatic rings. The van der Waals surface area contributed by atoms with Gasteiger partial charge in [0.05, 0.1) is 0 Å². The Morgan fingerprint density at radius 3 is 1.51 bits per heavy atom. The van der Waals surface area contributed by atoms with Crippen molar-refractivity contribution < 1.29 is 0 Å². The summed E-state index contributed by atoms with van der Waals surface area (Å²) in [5, 5.41) is 11.7. The van der Waals surface area contributed by atoms with Crippen LogP contribution in [0, 0.1) is 0 Å². The molecule has 0 bridgehead atoms. The predicted octanol–water partition coefficient (Wildman–Crippen LogP) is 15.7. The first-order valence-electron chi connectivity index (χ1n) is 20.5. The van der Waals surface area contributed by atoms with E-state index in [2.05, 4.69) is 99.6 Å². The fraction of sp³-hybridized carbons (Fsp3) is 0.469. The summed E-state index contributed by atoms with van der Waals surface area (Å²) in [7, 11) is 0. The second kappa shape index (κ2) is 18.0. The van der Waals surface area contributed by atoms with Crippen molar-refractivity contribution in [2.45, 2.75) is 149 Å². The van der Waals surface area contributed by atoms with Crippen LogP contribution in [0.5, 0.6) is 0 Å². The average Bonchev–Trinajstić information content (AvgIpc) is 3.14. The first kappa shape index (κ1) is 35.4. The molecule has 0 heteroatoms. The molecule has 0 heterocycles. The highest BCUT2D eigenvalue weighted by atomic mass is 14.3. The zero-order valence-electron chi connectivity index (χ0n) is 31.1. The Labute approximate surface area is 298 Å². The number of aryl methyl sites for hydroxylation is 2. The number of unbranched alkanes of at least 4 members (excludes halogenated alkanes) is 15. The third-order valence-electron chi connectivity index (χ3n) is 11.5. The van der Waals surface area contributed by atoms with Gasteiger partial charge < -0.3 is 0 Å². The maximum atomic E-state index is 2.47. The molecule has 0 saturated heterocycles. The molecule has 0 nitrogen and oxygen atoms in total. The molecular formula is C49H62. The average molecular weight is 651 g/mol. The highest BCUT2D eigenvalue weighted by Gasteiger charge is 2.24. The Kier molecular flexibility index (Phi) is 13.0. The van der Waals surface area contributed by atoms with Crippen molar-refractivity contribution in [3.05, 3.63) is 95.6 Å². The molecule has 0 amide bonds. The van der Waals surface area contributed by atoms with Gasteiger partial charge in [0.1, 0.15) is 0 Å². The van der Waals surface area contributed by atoms with E-state index in [-0.39, 0.29) is 0 Å². The number of hydrogen-bond acceptors (Lipinski definition) is 0. The van der Waals surface area contributed by atoms with Crippen LogP contribution in [-0.4, -0.2) is 0 Å². The first-order valence-corrected chi connectivity index (χ1v) is 20.5. The van der Waals surface area contributed by atoms with Gasteiger partial charge in [-0.3, -0.25) is 0 Å². The van der Waals surface area contributed by atoms with Gasteiger partial charge in [0.15, 0.2) is 0 Å². The highest BCUT2D eigenvalue weighted by molar-refractivity contribution is 6.36. The van der Waals surface area contributed by atoms with Crippen molar-refractivity contribution in [1.82, 2.24) is 0 Å². The molecule has 0 aromatic heterocycles. The van der Waals surface area contributed by atoms with Crippen LogP contribution in [0.4, 0.5) is 0 Å². The van der Waals surface area contributed by atoms with Crippen LogP contribution >= 0.6 is 0 Å². The summed E-state index contributed by atoms with van der Waals surface area (Å²) in [6.45, 7) is 7.01. The lowest BCUT2D eigenvalue weighted by atomic mass is 9.77. The quantitative estimate of drug-likeness (QED) is 0.0413. The van der Waals surface area contributed by atoms with Crippen molar-refractivity contribution in [3.8, 4) is 11.1 Å². The van der Waals surface area contributed by atoms with Gasteiger partial charge >= 0.3 is 0 Å². The van der Waals surface area contributed by atoms with Crippen LogP contribution in [0.15, 0.2) is 78.9 Å². The van der Waals surface area contributed by atoms with Crippen molar-refractivity contribution in [2.75, 3.05) is 0 Å². The maximum Gasteiger partial charge on any atom is -0.00110 e. The molecule has 6 rings (SSSR count). The Morgan fingerprint density at radius 1 is 0.367 bits per heavy atom. The van der Waals surface area contributed by atoms with E-state index in [0.717, 1.165) is 6.42 Å². The Hall–Kier alpha value is -3.38. The zero-order chi connectivity index (χ0) is 33.8. The summed E-state index contributed by atoms with van der Waals surface area (Å²) < 4.78 is 0. The minimum absolute atomic E-state index is 1.08. The second-order valence-electron chi connectivity index (χ2n) is 15.0.